The van der Waals surface area contributed by atoms with Crippen LogP contribution in [0.15, 0.2) is 83.0 Å². The number of likely N-dealkylation sites (tertiary alicyclic amines) is 1. The van der Waals surface area contributed by atoms with E-state index in [0.717, 1.165) is 95.1 Å². The van der Waals surface area contributed by atoms with Crippen molar-refractivity contribution in [3.05, 3.63) is 93.8 Å². The first-order chi connectivity index (χ1) is 29.1. The van der Waals surface area contributed by atoms with E-state index in [0.29, 0.717) is 45.7 Å². The van der Waals surface area contributed by atoms with Crippen molar-refractivity contribution in [2.75, 3.05) is 64.4 Å². The van der Waals surface area contributed by atoms with E-state index in [-0.39, 0.29) is 15.5 Å². The van der Waals surface area contributed by atoms with Gasteiger partial charge in [0, 0.05) is 79.6 Å². The van der Waals surface area contributed by atoms with Crippen molar-refractivity contribution in [1.29, 1.82) is 0 Å². The molecule has 4 saturated carbocycles. The lowest BCUT2D eigenvalue weighted by molar-refractivity contribution is -0.386. The van der Waals surface area contributed by atoms with Gasteiger partial charge in [-0.1, -0.05) is 37.1 Å². The first-order valence-electron chi connectivity index (χ1n) is 21.8. The van der Waals surface area contributed by atoms with Gasteiger partial charge in [-0.2, -0.15) is 4.72 Å². The molecule has 6 fully saturated rings. The number of allylic oxidation sites excluding steroid dienone is 1. The molecule has 4 heterocycles. The maximum atomic E-state index is 14.1. The maximum absolute atomic E-state index is 14.1. The number of halogens is 1. The lowest BCUT2D eigenvalue weighted by Gasteiger charge is -2.70. The van der Waals surface area contributed by atoms with Crippen LogP contribution < -0.4 is 19.1 Å². The van der Waals surface area contributed by atoms with Crippen LogP contribution in [0.4, 0.5) is 11.4 Å². The van der Waals surface area contributed by atoms with Gasteiger partial charge in [0.2, 0.25) is 10.0 Å². The van der Waals surface area contributed by atoms with Crippen molar-refractivity contribution in [1.82, 2.24) is 24.5 Å². The fourth-order valence-electron chi connectivity index (χ4n) is 11.6. The molecule has 1 atom stereocenters. The van der Waals surface area contributed by atoms with Gasteiger partial charge in [-0.25, -0.2) is 13.4 Å². The van der Waals surface area contributed by atoms with Crippen LogP contribution in [0.25, 0.3) is 11.0 Å². The molecule has 1 unspecified atom stereocenters. The van der Waals surface area contributed by atoms with Crippen LogP contribution in [0, 0.1) is 32.3 Å². The second-order valence-electron chi connectivity index (χ2n) is 20.1. The minimum absolute atomic E-state index is 0.0557. The highest BCUT2D eigenvalue weighted by Gasteiger charge is 2.69. The number of hydrogen-bond acceptors (Lipinski definition) is 10. The van der Waals surface area contributed by atoms with Gasteiger partial charge in [0.1, 0.15) is 11.4 Å². The van der Waals surface area contributed by atoms with Crippen molar-refractivity contribution < 1.29 is 22.8 Å². The Kier molecular flexibility index (Phi) is 10.0. The molecule has 0 radical (unpaired) electrons. The van der Waals surface area contributed by atoms with E-state index in [4.69, 9.17) is 21.1 Å². The molecule has 2 aliphatic heterocycles. The predicted octanol–water partition coefficient (Wildman–Crippen LogP) is 8.04. The first-order valence-corrected chi connectivity index (χ1v) is 23.6. The predicted molar refractivity (Wildman–Crippen MR) is 236 cm³/mol. The Morgan fingerprint density at radius 2 is 1.77 bits per heavy atom. The summed E-state index contributed by atoms with van der Waals surface area (Å²) in [6.45, 7) is 12.1. The molecule has 2 saturated heterocycles. The van der Waals surface area contributed by atoms with E-state index in [1.165, 1.54) is 37.6 Å². The summed E-state index contributed by atoms with van der Waals surface area (Å²) < 4.78 is 43.1. The molecule has 7 aliphatic rings. The molecule has 324 valence electrons. The topological polar surface area (TPSA) is 146 Å². The molecule has 2 aromatic carbocycles. The molecule has 2 aromatic heterocycles. The number of benzene rings is 2. The first kappa shape index (κ1) is 40.8. The Hall–Kier alpha value is -4.21. The molecule has 11 rings (SSSR count). The number of nitrogens with zero attached hydrogens (tertiary/aromatic N) is 5. The second-order valence-corrected chi connectivity index (χ2v) is 22.6. The average molecular weight is 871 g/mol. The normalized spacial score (nSPS) is 26.6. The number of ether oxygens (including phenoxy) is 2. The van der Waals surface area contributed by atoms with Crippen molar-refractivity contribution in [2.24, 2.45) is 22.2 Å². The highest BCUT2D eigenvalue weighted by atomic mass is 35.5. The number of anilines is 1. The fourth-order valence-corrected chi connectivity index (χ4v) is 13.5. The minimum atomic E-state index is -4.33. The summed E-state index contributed by atoms with van der Waals surface area (Å²) >= 11 is 6.75. The summed E-state index contributed by atoms with van der Waals surface area (Å²) in [5.74, 6) is 0.733. The Morgan fingerprint density at radius 3 is 2.46 bits per heavy atom. The summed E-state index contributed by atoms with van der Waals surface area (Å²) in [5, 5.41) is 13.0. The lowest BCUT2D eigenvalue weighted by atomic mass is 9.39. The zero-order valence-corrected chi connectivity index (χ0v) is 36.9. The van der Waals surface area contributed by atoms with Gasteiger partial charge in [0.25, 0.3) is 0 Å². The molecule has 13 nitrogen and oxygen atoms in total. The zero-order chi connectivity index (χ0) is 42.4. The highest BCUT2D eigenvalue weighted by Crippen LogP contribution is 2.75. The lowest BCUT2D eigenvalue weighted by Crippen LogP contribution is -2.65. The number of hydrogen-bond donors (Lipinski definition) is 2. The van der Waals surface area contributed by atoms with Crippen LogP contribution in [-0.4, -0.2) is 97.5 Å². The average Bonchev–Trinajstić information content (AvgIpc) is 3.65. The van der Waals surface area contributed by atoms with Gasteiger partial charge >= 0.3 is 5.69 Å². The molecule has 0 amide bonds. The van der Waals surface area contributed by atoms with Gasteiger partial charge in [-0.15, -0.1) is 11.6 Å². The summed E-state index contributed by atoms with van der Waals surface area (Å²) in [6, 6.07) is 15.2. The van der Waals surface area contributed by atoms with Crippen molar-refractivity contribution >= 4 is 44.0 Å². The van der Waals surface area contributed by atoms with Crippen LogP contribution in [-0.2, 0) is 10.0 Å². The quantitative estimate of drug-likeness (QED) is 0.0420. The second kappa shape index (κ2) is 15.0. The van der Waals surface area contributed by atoms with Gasteiger partial charge in [-0.3, -0.25) is 15.0 Å². The summed E-state index contributed by atoms with van der Waals surface area (Å²) in [5.41, 5.74) is 6.34. The standard InChI is InChI=1S/C46H56ClN7O6S/c1-43(2)12-10-34(38(22-43)45-26-46(47,27-45)28-45)24-52-14-16-53(17-15-52)35-6-4-32(5-7-35)42(60-36-18-33-11-13-48-41(33)49-23-36)50-61(57,58)37-8-9-40(39(19-37)54(55)56)59-25-31-20-44(21-31)29-51(3)30-44/h4-9,11,13,18-19,23,31,42,50H,10,12,14-17,20-22,24-30H2,1-3H3,(H,48,49). The van der Waals surface area contributed by atoms with E-state index >= 15 is 0 Å². The Labute approximate surface area is 363 Å². The number of nitro benzene ring substituents is 1. The molecule has 61 heavy (non-hydrogen) atoms. The molecular weight excluding hydrogens is 814 g/mol. The van der Waals surface area contributed by atoms with E-state index in [2.05, 4.69) is 50.3 Å². The number of aromatic nitrogens is 2. The van der Waals surface area contributed by atoms with Crippen LogP contribution in [0.3, 0.4) is 0 Å². The number of aromatic amines is 1. The number of H-pyrrole nitrogens is 1. The van der Waals surface area contributed by atoms with Crippen LogP contribution in [0.5, 0.6) is 11.5 Å². The molecule has 4 aromatic rings. The smallest absolute Gasteiger partial charge is 0.312 e. The van der Waals surface area contributed by atoms with Crippen molar-refractivity contribution in [2.45, 2.75) is 81.2 Å². The maximum Gasteiger partial charge on any atom is 0.312 e. The summed E-state index contributed by atoms with van der Waals surface area (Å²) in [6.07, 6.45) is 11.3. The van der Waals surface area contributed by atoms with Gasteiger partial charge in [-0.05, 0) is 117 Å². The Balaban J connectivity index is 0.827. The number of sulfonamides is 1. The van der Waals surface area contributed by atoms with Crippen LogP contribution >= 0.6 is 11.6 Å². The van der Waals surface area contributed by atoms with Crippen molar-refractivity contribution in [3.8, 4) is 11.5 Å². The number of rotatable bonds is 14. The molecule has 2 bridgehead atoms. The number of piperazine rings is 1. The number of fused-ring (bicyclic) bond motifs is 1. The Bertz CT molecular complexity index is 2460. The van der Waals surface area contributed by atoms with Gasteiger partial charge in [0.05, 0.1) is 22.6 Å². The van der Waals surface area contributed by atoms with Gasteiger partial charge in [0.15, 0.2) is 12.0 Å². The van der Waals surface area contributed by atoms with Crippen LogP contribution in [0.2, 0.25) is 0 Å². The fraction of sp³-hybridized carbons (Fsp3) is 0.543. The zero-order valence-electron chi connectivity index (χ0n) is 35.3. The largest absolute Gasteiger partial charge is 0.487 e. The third kappa shape index (κ3) is 7.92. The third-order valence-electron chi connectivity index (χ3n) is 14.6. The van der Waals surface area contributed by atoms with Gasteiger partial charge < -0.3 is 24.3 Å². The molecule has 5 aliphatic carbocycles. The van der Waals surface area contributed by atoms with E-state index in [1.54, 1.807) is 23.4 Å². The number of pyridine rings is 1. The number of nitro groups is 1. The molecule has 2 N–H and O–H groups in total. The summed E-state index contributed by atoms with van der Waals surface area (Å²) in [7, 11) is -2.23. The van der Waals surface area contributed by atoms with E-state index in [9.17, 15) is 18.5 Å². The third-order valence-corrected chi connectivity index (χ3v) is 16.4. The SMILES string of the molecule is CN1CC2(CC(COc3ccc(S(=O)(=O)NC(Oc4cnc5[nH]ccc5c4)c4ccc(N5CCN(CC6=C(C78CC(Cl)(C7)C8)CC(C)(C)CC6)CC5)cc4)cc3[N+](=O)[O-])C2)C1. The number of nitrogens with one attached hydrogen (secondary N) is 2. The minimum Gasteiger partial charge on any atom is -0.487 e. The monoisotopic (exact) mass is 869 g/mol. The Morgan fingerprint density at radius 1 is 1.03 bits per heavy atom. The van der Waals surface area contributed by atoms with E-state index in [1.807, 2.05) is 30.3 Å². The highest BCUT2D eigenvalue weighted by molar-refractivity contribution is 7.89. The molecular formula is C46H56ClN7O6S. The van der Waals surface area contributed by atoms with Crippen molar-refractivity contribution in [3.63, 3.8) is 0 Å². The molecule has 15 heteroatoms. The summed E-state index contributed by atoms with van der Waals surface area (Å²) in [4.78, 5) is 26.2. The number of alkyl halides is 1. The van der Waals surface area contributed by atoms with E-state index < -0.39 is 26.9 Å². The molecule has 1 spiro atoms. The van der Waals surface area contributed by atoms with Crippen LogP contribution in [0.1, 0.15) is 77.0 Å².